The standard InChI is InChI=1S/C22H28N4O3/c27-21(16-9-5-2-6-10-16)24-20-13-19(25-26-20)17-11-18(12-17)29-22(28)23-14-15-7-3-1-4-8-15/h1,3-4,7-8,13,16-18H,2,5-6,9-12,14H2,(H,23,28)(H2,24,25,26,27)/t17-,18+. The smallest absolute Gasteiger partial charge is 0.407 e. The number of amides is 2. The monoisotopic (exact) mass is 396 g/mol. The van der Waals surface area contributed by atoms with Gasteiger partial charge in [0.15, 0.2) is 0 Å². The maximum atomic E-state index is 12.3. The molecule has 0 aliphatic heterocycles. The fourth-order valence-corrected chi connectivity index (χ4v) is 4.08. The molecular formula is C22H28N4O3. The van der Waals surface area contributed by atoms with E-state index in [4.69, 9.17) is 4.74 Å². The molecule has 2 amide bonds. The average molecular weight is 396 g/mol. The third-order valence-electron chi connectivity index (χ3n) is 5.90. The van der Waals surface area contributed by atoms with Crippen molar-refractivity contribution in [3.8, 4) is 0 Å². The number of alkyl carbamates (subject to hydrolysis) is 1. The molecule has 154 valence electrons. The van der Waals surface area contributed by atoms with E-state index in [-0.39, 0.29) is 29.9 Å². The van der Waals surface area contributed by atoms with E-state index in [2.05, 4.69) is 20.8 Å². The van der Waals surface area contributed by atoms with Gasteiger partial charge in [-0.2, -0.15) is 5.10 Å². The molecule has 2 aliphatic rings. The Hall–Kier alpha value is -2.83. The summed E-state index contributed by atoms with van der Waals surface area (Å²) in [4.78, 5) is 24.3. The minimum absolute atomic E-state index is 0.0878. The SMILES string of the molecule is O=C(NCc1ccccc1)O[C@H]1C[C@@H](c2cc(NC(=O)C3CCCCC3)[nH]n2)C1. The van der Waals surface area contributed by atoms with Crippen LogP contribution in [-0.4, -0.2) is 28.3 Å². The summed E-state index contributed by atoms with van der Waals surface area (Å²) in [5, 5.41) is 13.0. The summed E-state index contributed by atoms with van der Waals surface area (Å²) in [6.45, 7) is 0.458. The van der Waals surface area contributed by atoms with Crippen molar-refractivity contribution in [2.75, 3.05) is 5.32 Å². The van der Waals surface area contributed by atoms with Crippen molar-refractivity contribution < 1.29 is 14.3 Å². The zero-order chi connectivity index (χ0) is 20.1. The molecule has 0 unspecified atom stereocenters. The van der Waals surface area contributed by atoms with Gasteiger partial charge in [0, 0.05) is 24.4 Å². The number of hydrogen-bond donors (Lipinski definition) is 3. The highest BCUT2D eigenvalue weighted by atomic mass is 16.6. The Balaban J connectivity index is 1.18. The first kappa shape index (κ1) is 19.5. The van der Waals surface area contributed by atoms with E-state index in [9.17, 15) is 9.59 Å². The van der Waals surface area contributed by atoms with Crippen LogP contribution in [0.4, 0.5) is 10.6 Å². The van der Waals surface area contributed by atoms with Gasteiger partial charge in [-0.25, -0.2) is 4.79 Å². The van der Waals surface area contributed by atoms with Crippen LogP contribution in [0.25, 0.3) is 0 Å². The average Bonchev–Trinajstić information content (AvgIpc) is 3.18. The molecule has 1 heterocycles. The summed E-state index contributed by atoms with van der Waals surface area (Å²) in [7, 11) is 0. The van der Waals surface area contributed by atoms with E-state index < -0.39 is 0 Å². The molecule has 29 heavy (non-hydrogen) atoms. The van der Waals surface area contributed by atoms with E-state index >= 15 is 0 Å². The van der Waals surface area contributed by atoms with Gasteiger partial charge in [0.25, 0.3) is 0 Å². The van der Waals surface area contributed by atoms with Crippen molar-refractivity contribution in [2.24, 2.45) is 5.92 Å². The lowest BCUT2D eigenvalue weighted by atomic mass is 9.80. The normalized spacial score (nSPS) is 21.8. The Morgan fingerprint density at radius 1 is 1.10 bits per heavy atom. The first-order chi connectivity index (χ1) is 14.2. The van der Waals surface area contributed by atoms with Gasteiger partial charge in [0.05, 0.1) is 5.69 Å². The molecular weight excluding hydrogens is 368 g/mol. The van der Waals surface area contributed by atoms with Crippen LogP contribution in [0.3, 0.4) is 0 Å². The number of hydrogen-bond acceptors (Lipinski definition) is 4. The molecule has 1 aromatic carbocycles. The molecule has 2 aromatic rings. The number of carbonyl (C=O) groups excluding carboxylic acids is 2. The van der Waals surface area contributed by atoms with Crippen molar-refractivity contribution in [3.05, 3.63) is 47.7 Å². The molecule has 7 heteroatoms. The molecule has 0 atom stereocenters. The van der Waals surface area contributed by atoms with E-state index in [0.29, 0.717) is 12.4 Å². The van der Waals surface area contributed by atoms with Gasteiger partial charge in [-0.3, -0.25) is 9.89 Å². The van der Waals surface area contributed by atoms with Crippen LogP contribution in [0.1, 0.15) is 62.1 Å². The van der Waals surface area contributed by atoms with Crippen LogP contribution in [0.2, 0.25) is 0 Å². The van der Waals surface area contributed by atoms with Crippen LogP contribution in [-0.2, 0) is 16.1 Å². The summed E-state index contributed by atoms with van der Waals surface area (Å²) in [5.74, 6) is 1.11. The van der Waals surface area contributed by atoms with Gasteiger partial charge >= 0.3 is 6.09 Å². The zero-order valence-electron chi connectivity index (χ0n) is 16.5. The molecule has 3 N–H and O–H groups in total. The number of anilines is 1. The predicted octanol–water partition coefficient (Wildman–Crippen LogP) is 4.10. The molecule has 0 radical (unpaired) electrons. The Morgan fingerprint density at radius 3 is 2.62 bits per heavy atom. The van der Waals surface area contributed by atoms with Gasteiger partial charge in [0.2, 0.25) is 5.91 Å². The molecule has 0 saturated heterocycles. The van der Waals surface area contributed by atoms with Crippen LogP contribution in [0, 0.1) is 5.92 Å². The van der Waals surface area contributed by atoms with E-state index in [1.165, 1.54) is 6.42 Å². The maximum Gasteiger partial charge on any atom is 0.407 e. The van der Waals surface area contributed by atoms with Gasteiger partial charge in [-0.15, -0.1) is 0 Å². The highest BCUT2D eigenvalue weighted by Gasteiger charge is 2.35. The Kier molecular flexibility index (Phi) is 6.12. The Bertz CT molecular complexity index is 824. The highest BCUT2D eigenvalue weighted by molar-refractivity contribution is 5.91. The number of carbonyl (C=O) groups is 2. The van der Waals surface area contributed by atoms with Gasteiger partial charge < -0.3 is 15.4 Å². The van der Waals surface area contributed by atoms with Crippen molar-refractivity contribution >= 4 is 17.8 Å². The summed E-state index contributed by atoms with van der Waals surface area (Å²) >= 11 is 0. The van der Waals surface area contributed by atoms with Crippen molar-refractivity contribution in [3.63, 3.8) is 0 Å². The molecule has 2 saturated carbocycles. The summed E-state index contributed by atoms with van der Waals surface area (Å²) in [6, 6.07) is 11.6. The number of benzene rings is 1. The quantitative estimate of drug-likeness (QED) is 0.685. The second kappa shape index (κ2) is 9.11. The number of H-pyrrole nitrogens is 1. The molecule has 2 aliphatic carbocycles. The maximum absolute atomic E-state index is 12.3. The minimum atomic E-state index is -0.389. The zero-order valence-corrected chi connectivity index (χ0v) is 16.5. The van der Waals surface area contributed by atoms with E-state index in [1.807, 2.05) is 36.4 Å². The third kappa shape index (κ3) is 5.16. The number of nitrogens with zero attached hydrogens (tertiary/aromatic N) is 1. The topological polar surface area (TPSA) is 96.1 Å². The molecule has 0 bridgehead atoms. The van der Waals surface area contributed by atoms with Crippen LogP contribution in [0.5, 0.6) is 0 Å². The minimum Gasteiger partial charge on any atom is -0.446 e. The molecule has 1 aromatic heterocycles. The first-order valence-electron chi connectivity index (χ1n) is 10.5. The molecule has 4 rings (SSSR count). The predicted molar refractivity (Wildman–Crippen MR) is 109 cm³/mol. The van der Waals surface area contributed by atoms with E-state index in [0.717, 1.165) is 49.8 Å². The highest BCUT2D eigenvalue weighted by Crippen LogP contribution is 2.38. The fraction of sp³-hybridized carbons (Fsp3) is 0.500. The summed E-state index contributed by atoms with van der Waals surface area (Å²) < 4.78 is 5.45. The second-order valence-electron chi connectivity index (χ2n) is 8.07. The van der Waals surface area contributed by atoms with Crippen molar-refractivity contribution in [1.82, 2.24) is 15.5 Å². The number of nitrogens with one attached hydrogen (secondary N) is 3. The van der Waals surface area contributed by atoms with Crippen LogP contribution >= 0.6 is 0 Å². The van der Waals surface area contributed by atoms with Gasteiger partial charge in [0.1, 0.15) is 11.9 Å². The molecule has 0 spiro atoms. The third-order valence-corrected chi connectivity index (χ3v) is 5.90. The lowest BCUT2D eigenvalue weighted by Crippen LogP contribution is -2.36. The molecule has 2 fully saturated rings. The largest absolute Gasteiger partial charge is 0.446 e. The lowest BCUT2D eigenvalue weighted by molar-refractivity contribution is -0.120. The van der Waals surface area contributed by atoms with Gasteiger partial charge in [-0.05, 0) is 31.2 Å². The molecule has 7 nitrogen and oxygen atoms in total. The van der Waals surface area contributed by atoms with Crippen LogP contribution in [0.15, 0.2) is 36.4 Å². The van der Waals surface area contributed by atoms with Crippen molar-refractivity contribution in [2.45, 2.75) is 63.5 Å². The first-order valence-corrected chi connectivity index (χ1v) is 10.5. The Morgan fingerprint density at radius 2 is 1.86 bits per heavy atom. The number of rotatable bonds is 6. The van der Waals surface area contributed by atoms with E-state index in [1.54, 1.807) is 0 Å². The van der Waals surface area contributed by atoms with Crippen molar-refractivity contribution in [1.29, 1.82) is 0 Å². The summed E-state index contributed by atoms with van der Waals surface area (Å²) in [6.07, 6.45) is 6.46. The number of ether oxygens (including phenoxy) is 1. The fourth-order valence-electron chi connectivity index (χ4n) is 4.08. The number of aromatic nitrogens is 2. The van der Waals surface area contributed by atoms with Gasteiger partial charge in [-0.1, -0.05) is 49.6 Å². The Labute approximate surface area is 170 Å². The second-order valence-corrected chi connectivity index (χ2v) is 8.07. The number of aromatic amines is 1. The summed E-state index contributed by atoms with van der Waals surface area (Å²) in [5.41, 5.74) is 1.95. The lowest BCUT2D eigenvalue weighted by Gasteiger charge is -2.33. The van der Waals surface area contributed by atoms with Crippen LogP contribution < -0.4 is 10.6 Å².